The number of aliphatic imine (C=N–C) groups is 1. The fourth-order valence-corrected chi connectivity index (χ4v) is 3.48. The molecule has 1 unspecified atom stereocenters. The molecule has 0 spiro atoms. The summed E-state index contributed by atoms with van der Waals surface area (Å²) in [5.74, 6) is 6.97. The molecular formula is C21H31N5O2. The van der Waals surface area contributed by atoms with Crippen molar-refractivity contribution in [3.8, 4) is 0 Å². The van der Waals surface area contributed by atoms with Crippen LogP contribution in [0.25, 0.3) is 0 Å². The molecule has 0 saturated carbocycles. The smallest absolute Gasteiger partial charge is 0.168 e. The van der Waals surface area contributed by atoms with E-state index < -0.39 is 0 Å². The number of rotatable bonds is 10. The van der Waals surface area contributed by atoms with Crippen molar-refractivity contribution in [3.05, 3.63) is 53.1 Å². The number of nitrogens with two attached hydrogens (primary N) is 1. The van der Waals surface area contributed by atoms with Crippen LogP contribution in [0.1, 0.15) is 32.8 Å². The van der Waals surface area contributed by atoms with Gasteiger partial charge in [-0.15, -0.1) is 0 Å². The van der Waals surface area contributed by atoms with Crippen molar-refractivity contribution in [2.24, 2.45) is 10.8 Å². The van der Waals surface area contributed by atoms with Crippen molar-refractivity contribution >= 4 is 5.84 Å². The topological polar surface area (TPSA) is 76.2 Å². The van der Waals surface area contributed by atoms with Gasteiger partial charge in [-0.2, -0.15) is 0 Å². The van der Waals surface area contributed by atoms with Crippen LogP contribution in [0, 0.1) is 0 Å². The lowest BCUT2D eigenvalue weighted by Crippen LogP contribution is -2.41. The zero-order valence-corrected chi connectivity index (χ0v) is 17.1. The molecule has 0 saturated heterocycles. The Labute approximate surface area is 167 Å². The van der Waals surface area contributed by atoms with E-state index in [0.29, 0.717) is 19.8 Å². The molecule has 7 heteroatoms. The number of allylic oxidation sites excluding steroid dienone is 2. The summed E-state index contributed by atoms with van der Waals surface area (Å²) in [6, 6.07) is 4.07. The van der Waals surface area contributed by atoms with Gasteiger partial charge in [-0.25, -0.2) is 10.8 Å². The van der Waals surface area contributed by atoms with E-state index in [4.69, 9.17) is 20.3 Å². The summed E-state index contributed by atoms with van der Waals surface area (Å²) in [6.07, 6.45) is 7.53. The molecule has 3 heterocycles. The summed E-state index contributed by atoms with van der Waals surface area (Å²) in [4.78, 5) is 11.2. The van der Waals surface area contributed by atoms with Crippen LogP contribution in [-0.2, 0) is 15.9 Å². The fraction of sp³-hybridized carbons (Fsp3) is 0.524. The molecule has 0 aromatic carbocycles. The Morgan fingerprint density at radius 3 is 2.82 bits per heavy atom. The van der Waals surface area contributed by atoms with Crippen LogP contribution in [0.4, 0.5) is 0 Å². The molecule has 1 aromatic heterocycles. The lowest BCUT2D eigenvalue weighted by Gasteiger charge is -2.31. The molecule has 0 radical (unpaired) electrons. The van der Waals surface area contributed by atoms with Gasteiger partial charge >= 0.3 is 0 Å². The average Bonchev–Trinajstić information content (AvgIpc) is 3.07. The van der Waals surface area contributed by atoms with Gasteiger partial charge in [0.15, 0.2) is 5.84 Å². The average molecular weight is 386 g/mol. The molecule has 2 aliphatic rings. The minimum Gasteiger partial charge on any atom is -0.380 e. The Hall–Kier alpha value is -2.22. The van der Waals surface area contributed by atoms with Gasteiger partial charge in [0.05, 0.1) is 18.9 Å². The first-order valence-corrected chi connectivity index (χ1v) is 9.94. The van der Waals surface area contributed by atoms with Gasteiger partial charge in [0.25, 0.3) is 0 Å². The van der Waals surface area contributed by atoms with Gasteiger partial charge in [0.1, 0.15) is 6.17 Å². The summed E-state index contributed by atoms with van der Waals surface area (Å²) in [5, 5.41) is 1.62. The molecule has 152 valence electrons. The zero-order valence-electron chi connectivity index (χ0n) is 17.1. The van der Waals surface area contributed by atoms with Crippen LogP contribution in [-0.4, -0.2) is 59.9 Å². The SMILES string of the molecule is CCOCC1N=C2C(=C(C)C(C)=CN2N)N1CCOCCCc1cccnc1. The number of hydrogen-bond acceptors (Lipinski definition) is 7. The predicted octanol–water partition coefficient (Wildman–Crippen LogP) is 2.47. The highest BCUT2D eigenvalue weighted by molar-refractivity contribution is 6.02. The number of amidine groups is 1. The second kappa shape index (κ2) is 9.82. The third kappa shape index (κ3) is 4.79. The molecule has 28 heavy (non-hydrogen) atoms. The van der Waals surface area contributed by atoms with E-state index in [-0.39, 0.29) is 6.17 Å². The molecule has 3 rings (SSSR count). The highest BCUT2D eigenvalue weighted by Crippen LogP contribution is 2.31. The molecular weight excluding hydrogens is 354 g/mol. The van der Waals surface area contributed by atoms with Crippen LogP contribution in [0.15, 0.2) is 52.6 Å². The number of nitrogens with zero attached hydrogens (tertiary/aromatic N) is 4. The number of pyridine rings is 1. The van der Waals surface area contributed by atoms with Crippen LogP contribution in [0.2, 0.25) is 0 Å². The number of fused-ring (bicyclic) bond motifs is 1. The third-order valence-corrected chi connectivity index (χ3v) is 5.08. The number of aryl methyl sites for hydroxylation is 1. The van der Waals surface area contributed by atoms with Crippen molar-refractivity contribution in [1.29, 1.82) is 0 Å². The molecule has 0 aliphatic carbocycles. The lowest BCUT2D eigenvalue weighted by molar-refractivity contribution is 0.0667. The number of aromatic nitrogens is 1. The first-order chi connectivity index (χ1) is 13.6. The second-order valence-electron chi connectivity index (χ2n) is 7.06. The highest BCUT2D eigenvalue weighted by atomic mass is 16.5. The minimum absolute atomic E-state index is 0.0655. The van der Waals surface area contributed by atoms with E-state index in [0.717, 1.165) is 43.1 Å². The molecule has 2 aliphatic heterocycles. The molecule has 2 N–H and O–H groups in total. The molecule has 7 nitrogen and oxygen atoms in total. The minimum atomic E-state index is -0.0655. The highest BCUT2D eigenvalue weighted by Gasteiger charge is 2.36. The van der Waals surface area contributed by atoms with Crippen LogP contribution in [0.5, 0.6) is 0 Å². The van der Waals surface area contributed by atoms with Gasteiger partial charge in [0.2, 0.25) is 0 Å². The fourth-order valence-electron chi connectivity index (χ4n) is 3.48. The van der Waals surface area contributed by atoms with Crippen molar-refractivity contribution in [2.45, 2.75) is 39.8 Å². The first kappa shape index (κ1) is 20.5. The van der Waals surface area contributed by atoms with Crippen molar-refractivity contribution in [3.63, 3.8) is 0 Å². The van der Waals surface area contributed by atoms with Gasteiger partial charge in [0, 0.05) is 38.4 Å². The van der Waals surface area contributed by atoms with Gasteiger partial charge in [-0.3, -0.25) is 9.99 Å². The lowest BCUT2D eigenvalue weighted by atomic mass is 10.0. The standard InChI is InChI=1S/C21H31N5O2/c1-4-27-15-19-24-21-20(17(3)16(2)14-26(21)22)25(19)10-12-28-11-6-8-18-7-5-9-23-13-18/h5,7,9,13-14,19H,4,6,8,10-12,15,22H2,1-3H3. The van der Waals surface area contributed by atoms with E-state index in [1.54, 1.807) is 11.2 Å². The Morgan fingerprint density at radius 1 is 1.21 bits per heavy atom. The maximum Gasteiger partial charge on any atom is 0.168 e. The van der Waals surface area contributed by atoms with Crippen LogP contribution >= 0.6 is 0 Å². The largest absolute Gasteiger partial charge is 0.380 e. The Morgan fingerprint density at radius 2 is 2.07 bits per heavy atom. The second-order valence-corrected chi connectivity index (χ2v) is 7.06. The summed E-state index contributed by atoms with van der Waals surface area (Å²) in [6.45, 7) is 9.53. The molecule has 0 bridgehead atoms. The number of hydrazine groups is 1. The predicted molar refractivity (Wildman–Crippen MR) is 110 cm³/mol. The van der Waals surface area contributed by atoms with Crippen molar-refractivity contribution in [1.82, 2.24) is 14.9 Å². The van der Waals surface area contributed by atoms with Gasteiger partial charge < -0.3 is 14.4 Å². The molecule has 0 amide bonds. The Bertz CT molecular complexity index is 744. The maximum absolute atomic E-state index is 6.16. The van der Waals surface area contributed by atoms with E-state index in [1.807, 2.05) is 25.4 Å². The molecule has 1 atom stereocenters. The summed E-state index contributed by atoms with van der Waals surface area (Å²) < 4.78 is 11.6. The quantitative estimate of drug-likeness (QED) is 0.493. The normalized spacial score (nSPS) is 19.1. The monoisotopic (exact) mass is 385 g/mol. The van der Waals surface area contributed by atoms with E-state index in [2.05, 4.69) is 29.8 Å². The summed E-state index contributed by atoms with van der Waals surface area (Å²) in [7, 11) is 0. The first-order valence-electron chi connectivity index (χ1n) is 9.94. The molecule has 1 aromatic rings. The van der Waals surface area contributed by atoms with E-state index >= 15 is 0 Å². The van der Waals surface area contributed by atoms with Gasteiger partial charge in [-0.1, -0.05) is 6.07 Å². The Kier molecular flexibility index (Phi) is 7.19. The number of hydrogen-bond donors (Lipinski definition) is 1. The van der Waals surface area contributed by atoms with Crippen molar-refractivity contribution in [2.75, 3.05) is 33.0 Å². The summed E-state index contributed by atoms with van der Waals surface area (Å²) >= 11 is 0. The van der Waals surface area contributed by atoms with Gasteiger partial charge in [-0.05, 0) is 56.4 Å². The number of ether oxygens (including phenoxy) is 2. The van der Waals surface area contributed by atoms with Crippen LogP contribution in [0.3, 0.4) is 0 Å². The Balaban J connectivity index is 1.54. The van der Waals surface area contributed by atoms with Crippen LogP contribution < -0.4 is 5.84 Å². The van der Waals surface area contributed by atoms with Crippen molar-refractivity contribution < 1.29 is 9.47 Å². The van der Waals surface area contributed by atoms with E-state index in [9.17, 15) is 0 Å². The zero-order chi connectivity index (χ0) is 19.9. The van der Waals surface area contributed by atoms with E-state index in [1.165, 1.54) is 11.1 Å². The maximum atomic E-state index is 6.16. The summed E-state index contributed by atoms with van der Waals surface area (Å²) in [5.41, 5.74) is 4.69. The molecule has 0 fully saturated rings. The third-order valence-electron chi connectivity index (χ3n) is 5.08.